The van der Waals surface area contributed by atoms with Gasteiger partial charge < -0.3 is 19.6 Å². The van der Waals surface area contributed by atoms with Crippen LogP contribution in [0.5, 0.6) is 0 Å². The Morgan fingerprint density at radius 2 is 1.57 bits per heavy atom. The number of carbonyl (C=O) groups excluding carboxylic acids is 3. The molecule has 6 nitrogen and oxygen atoms in total. The number of aryl methyl sites for hydroxylation is 1. The highest BCUT2D eigenvalue weighted by molar-refractivity contribution is 5.86. The van der Waals surface area contributed by atoms with Crippen LogP contribution in [0.1, 0.15) is 30.4 Å². The van der Waals surface area contributed by atoms with E-state index >= 15 is 0 Å². The highest BCUT2D eigenvalue weighted by Gasteiger charge is 2.41. The SMILES string of the molecule is COC(=O)C(CCC=O)(CCc1ccccc1)NC(=O)OCc1ccccc1. The number of esters is 1. The van der Waals surface area contributed by atoms with Crippen LogP contribution in [0.25, 0.3) is 0 Å². The normalized spacial score (nSPS) is 12.5. The lowest BCUT2D eigenvalue weighted by atomic mass is 9.87. The van der Waals surface area contributed by atoms with Crippen LogP contribution in [0.3, 0.4) is 0 Å². The molecule has 0 radical (unpaired) electrons. The van der Waals surface area contributed by atoms with Crippen molar-refractivity contribution in [2.75, 3.05) is 7.11 Å². The second-order valence-electron chi connectivity index (χ2n) is 6.45. The number of rotatable bonds is 10. The monoisotopic (exact) mass is 383 g/mol. The first-order valence-corrected chi connectivity index (χ1v) is 9.14. The molecule has 1 atom stereocenters. The van der Waals surface area contributed by atoms with Gasteiger partial charge in [-0.05, 0) is 30.4 Å². The number of aldehydes is 1. The largest absolute Gasteiger partial charge is 0.467 e. The van der Waals surface area contributed by atoms with E-state index in [4.69, 9.17) is 9.47 Å². The molecule has 0 aliphatic carbocycles. The zero-order valence-electron chi connectivity index (χ0n) is 15.9. The van der Waals surface area contributed by atoms with E-state index in [1.165, 1.54) is 7.11 Å². The number of carbonyl (C=O) groups is 3. The van der Waals surface area contributed by atoms with Gasteiger partial charge in [0.05, 0.1) is 7.11 Å². The second kappa shape index (κ2) is 10.9. The van der Waals surface area contributed by atoms with E-state index in [-0.39, 0.29) is 25.9 Å². The van der Waals surface area contributed by atoms with Crippen molar-refractivity contribution in [1.29, 1.82) is 0 Å². The Hall–Kier alpha value is -3.15. The lowest BCUT2D eigenvalue weighted by molar-refractivity contribution is -0.149. The maximum atomic E-state index is 12.6. The Balaban J connectivity index is 2.11. The molecule has 0 aromatic heterocycles. The van der Waals surface area contributed by atoms with Gasteiger partial charge in [0.25, 0.3) is 0 Å². The van der Waals surface area contributed by atoms with Crippen LogP contribution in [0.4, 0.5) is 4.79 Å². The summed E-state index contributed by atoms with van der Waals surface area (Å²) in [5, 5.41) is 2.66. The fourth-order valence-electron chi connectivity index (χ4n) is 2.96. The lowest BCUT2D eigenvalue weighted by Crippen LogP contribution is -2.55. The molecule has 148 valence electrons. The number of alkyl carbamates (subject to hydrolysis) is 1. The third kappa shape index (κ3) is 6.23. The van der Waals surface area contributed by atoms with Crippen molar-refractivity contribution in [2.24, 2.45) is 0 Å². The van der Waals surface area contributed by atoms with Crippen molar-refractivity contribution in [3.05, 3.63) is 71.8 Å². The number of benzene rings is 2. The molecule has 0 bridgehead atoms. The predicted octanol–water partition coefficient (Wildman–Crippen LogP) is 3.44. The maximum absolute atomic E-state index is 12.6. The van der Waals surface area contributed by atoms with Crippen LogP contribution in [0, 0.1) is 0 Å². The number of ether oxygens (including phenoxy) is 2. The van der Waals surface area contributed by atoms with Crippen LogP contribution < -0.4 is 5.32 Å². The quantitative estimate of drug-likeness (QED) is 0.502. The summed E-state index contributed by atoms with van der Waals surface area (Å²) in [6.45, 7) is 0.0797. The fraction of sp³-hybridized carbons (Fsp3) is 0.318. The summed E-state index contributed by atoms with van der Waals surface area (Å²) < 4.78 is 10.2. The lowest BCUT2D eigenvalue weighted by Gasteiger charge is -2.31. The Morgan fingerprint density at radius 3 is 2.14 bits per heavy atom. The first-order chi connectivity index (χ1) is 13.6. The van der Waals surface area contributed by atoms with Crippen LogP contribution in [-0.4, -0.2) is 31.0 Å². The highest BCUT2D eigenvalue weighted by atomic mass is 16.6. The first-order valence-electron chi connectivity index (χ1n) is 9.14. The summed E-state index contributed by atoms with van der Waals surface area (Å²) in [4.78, 5) is 35.9. The minimum Gasteiger partial charge on any atom is -0.467 e. The summed E-state index contributed by atoms with van der Waals surface area (Å²) in [7, 11) is 1.26. The van der Waals surface area contributed by atoms with Gasteiger partial charge in [0.2, 0.25) is 0 Å². The molecular formula is C22H25NO5. The van der Waals surface area contributed by atoms with Gasteiger partial charge in [-0.2, -0.15) is 0 Å². The molecule has 1 N–H and O–H groups in total. The third-order valence-corrected chi connectivity index (χ3v) is 4.50. The molecular weight excluding hydrogens is 358 g/mol. The van der Waals surface area contributed by atoms with Gasteiger partial charge in [-0.3, -0.25) is 0 Å². The van der Waals surface area contributed by atoms with Gasteiger partial charge in [0.1, 0.15) is 18.4 Å². The number of hydrogen-bond acceptors (Lipinski definition) is 5. The maximum Gasteiger partial charge on any atom is 0.408 e. The van der Waals surface area contributed by atoms with E-state index in [1.807, 2.05) is 60.7 Å². The van der Waals surface area contributed by atoms with Crippen molar-refractivity contribution in [1.82, 2.24) is 5.32 Å². The second-order valence-corrected chi connectivity index (χ2v) is 6.45. The number of nitrogens with one attached hydrogen (secondary N) is 1. The highest BCUT2D eigenvalue weighted by Crippen LogP contribution is 2.23. The Bertz CT molecular complexity index is 763. The van der Waals surface area contributed by atoms with E-state index in [9.17, 15) is 14.4 Å². The molecule has 0 aliphatic rings. The zero-order chi connectivity index (χ0) is 20.2. The van der Waals surface area contributed by atoms with Crippen molar-refractivity contribution in [2.45, 2.75) is 37.8 Å². The van der Waals surface area contributed by atoms with Crippen LogP contribution >= 0.6 is 0 Å². The van der Waals surface area contributed by atoms with Crippen LogP contribution in [0.15, 0.2) is 60.7 Å². The smallest absolute Gasteiger partial charge is 0.408 e. The molecule has 0 aliphatic heterocycles. The molecule has 2 rings (SSSR count). The summed E-state index contributed by atoms with van der Waals surface area (Å²) in [6, 6.07) is 18.8. The summed E-state index contributed by atoms with van der Waals surface area (Å²) in [6.07, 6.45) is 1.07. The van der Waals surface area contributed by atoms with Crippen molar-refractivity contribution in [3.8, 4) is 0 Å². The number of methoxy groups -OCH3 is 1. The van der Waals surface area contributed by atoms with Gasteiger partial charge >= 0.3 is 12.1 Å². The van der Waals surface area contributed by atoms with Gasteiger partial charge in [0, 0.05) is 6.42 Å². The Labute approximate surface area is 164 Å². The minimum atomic E-state index is -1.33. The van der Waals surface area contributed by atoms with Gasteiger partial charge in [-0.25, -0.2) is 9.59 Å². The predicted molar refractivity (Wildman–Crippen MR) is 105 cm³/mol. The molecule has 0 fully saturated rings. The summed E-state index contributed by atoms with van der Waals surface area (Å²) >= 11 is 0. The van der Waals surface area contributed by atoms with E-state index in [0.717, 1.165) is 17.4 Å². The molecule has 6 heteroatoms. The summed E-state index contributed by atoms with van der Waals surface area (Å²) in [5.41, 5.74) is 0.513. The number of amides is 1. The minimum absolute atomic E-state index is 0.0797. The average Bonchev–Trinajstić information content (AvgIpc) is 2.75. The van der Waals surface area contributed by atoms with E-state index in [2.05, 4.69) is 5.32 Å². The molecule has 1 amide bonds. The third-order valence-electron chi connectivity index (χ3n) is 4.50. The Kier molecular flexibility index (Phi) is 8.21. The molecule has 0 saturated carbocycles. The standard InChI is InChI=1S/C22H25NO5/c1-27-20(25)22(14-8-16-24,15-13-18-9-4-2-5-10-18)23-21(26)28-17-19-11-6-3-7-12-19/h2-7,9-12,16H,8,13-15,17H2,1H3,(H,23,26). The molecule has 28 heavy (non-hydrogen) atoms. The van der Waals surface area contributed by atoms with Gasteiger partial charge in [0.15, 0.2) is 0 Å². The molecule has 0 heterocycles. The van der Waals surface area contributed by atoms with Gasteiger partial charge in [-0.15, -0.1) is 0 Å². The van der Waals surface area contributed by atoms with E-state index < -0.39 is 17.6 Å². The molecule has 2 aromatic rings. The van der Waals surface area contributed by atoms with Crippen molar-refractivity contribution in [3.63, 3.8) is 0 Å². The summed E-state index contributed by atoms with van der Waals surface area (Å²) in [5.74, 6) is -0.595. The fourth-order valence-corrected chi connectivity index (χ4v) is 2.96. The molecule has 0 saturated heterocycles. The average molecular weight is 383 g/mol. The molecule has 1 unspecified atom stereocenters. The Morgan fingerprint density at radius 1 is 0.964 bits per heavy atom. The van der Waals surface area contributed by atoms with E-state index in [0.29, 0.717) is 6.42 Å². The zero-order valence-corrected chi connectivity index (χ0v) is 15.9. The van der Waals surface area contributed by atoms with E-state index in [1.54, 1.807) is 0 Å². The topological polar surface area (TPSA) is 81.7 Å². The van der Waals surface area contributed by atoms with Gasteiger partial charge in [-0.1, -0.05) is 60.7 Å². The molecule has 2 aromatic carbocycles. The number of hydrogen-bond donors (Lipinski definition) is 1. The van der Waals surface area contributed by atoms with Crippen LogP contribution in [0.2, 0.25) is 0 Å². The van der Waals surface area contributed by atoms with Crippen molar-refractivity contribution < 1.29 is 23.9 Å². The van der Waals surface area contributed by atoms with Crippen LogP contribution in [-0.2, 0) is 32.1 Å². The first kappa shape index (κ1) is 21.2. The molecule has 0 spiro atoms. The van der Waals surface area contributed by atoms with Crippen molar-refractivity contribution >= 4 is 18.3 Å².